The molecular weight excluding hydrogens is 420 g/mol. The second-order valence-corrected chi connectivity index (χ2v) is 8.62. The van der Waals surface area contributed by atoms with Crippen molar-refractivity contribution in [3.8, 4) is 5.75 Å². The van der Waals surface area contributed by atoms with Crippen LogP contribution < -0.4 is 15.8 Å². The highest BCUT2D eigenvalue weighted by Gasteiger charge is 2.31. The Balaban J connectivity index is 1.51. The zero-order chi connectivity index (χ0) is 22.4. The number of piperidine rings is 1. The van der Waals surface area contributed by atoms with Crippen LogP contribution in [-0.4, -0.2) is 80.7 Å². The van der Waals surface area contributed by atoms with Crippen LogP contribution in [0.3, 0.4) is 0 Å². The molecule has 3 rings (SSSR count). The number of amides is 2. The molecule has 0 aliphatic carbocycles. The fourth-order valence-electron chi connectivity index (χ4n) is 4.33. The van der Waals surface area contributed by atoms with Crippen molar-refractivity contribution >= 4 is 29.1 Å². The molecule has 0 bridgehead atoms. The topological polar surface area (TPSA) is 97.1 Å². The van der Waals surface area contributed by atoms with Crippen LogP contribution >= 0.6 is 11.6 Å². The number of nitrogens with one attached hydrogen (secondary N) is 1. The van der Waals surface area contributed by atoms with E-state index in [2.05, 4.69) is 10.2 Å². The van der Waals surface area contributed by atoms with Crippen molar-refractivity contribution in [3.63, 3.8) is 0 Å². The monoisotopic (exact) mass is 452 g/mol. The number of nitrogen functional groups attached to an aromatic ring is 1. The number of hydrogen-bond donors (Lipinski definition) is 2. The van der Waals surface area contributed by atoms with Crippen molar-refractivity contribution in [3.05, 3.63) is 22.7 Å². The summed E-state index contributed by atoms with van der Waals surface area (Å²) >= 11 is 6.10. The molecule has 1 aromatic rings. The molecule has 2 heterocycles. The zero-order valence-electron chi connectivity index (χ0n) is 18.4. The minimum atomic E-state index is -0.268. The van der Waals surface area contributed by atoms with E-state index in [0.717, 1.165) is 51.9 Å². The quantitative estimate of drug-likeness (QED) is 0.586. The third kappa shape index (κ3) is 6.02. The molecule has 31 heavy (non-hydrogen) atoms. The van der Waals surface area contributed by atoms with E-state index in [1.165, 1.54) is 13.2 Å². The molecule has 0 aromatic heterocycles. The van der Waals surface area contributed by atoms with Gasteiger partial charge in [0, 0.05) is 45.8 Å². The third-order valence-corrected chi connectivity index (χ3v) is 6.48. The Morgan fingerprint density at radius 3 is 2.65 bits per heavy atom. The van der Waals surface area contributed by atoms with Crippen LogP contribution in [-0.2, 0) is 9.53 Å². The maximum atomic E-state index is 12.9. The van der Waals surface area contributed by atoms with Crippen molar-refractivity contribution < 1.29 is 19.1 Å². The van der Waals surface area contributed by atoms with Crippen LogP contribution in [0.4, 0.5) is 5.69 Å². The molecule has 0 radical (unpaired) electrons. The van der Waals surface area contributed by atoms with Crippen LogP contribution in [0.2, 0.25) is 5.02 Å². The van der Waals surface area contributed by atoms with E-state index in [4.69, 9.17) is 26.8 Å². The van der Waals surface area contributed by atoms with Gasteiger partial charge in [0.05, 0.1) is 35.5 Å². The lowest BCUT2D eigenvalue weighted by atomic mass is 10.0. The molecule has 2 amide bonds. The number of nitrogens with two attached hydrogens (primary N) is 1. The number of carbonyl (C=O) groups is 2. The fraction of sp³-hybridized carbons (Fsp3) is 0.636. The molecule has 1 aromatic carbocycles. The van der Waals surface area contributed by atoms with Gasteiger partial charge in [-0.1, -0.05) is 11.6 Å². The van der Waals surface area contributed by atoms with Gasteiger partial charge >= 0.3 is 0 Å². The van der Waals surface area contributed by atoms with Gasteiger partial charge in [0.15, 0.2) is 0 Å². The number of nitrogens with zero attached hydrogens (tertiary/aromatic N) is 2. The van der Waals surface area contributed by atoms with Crippen LogP contribution in [0.15, 0.2) is 12.1 Å². The first-order valence-corrected chi connectivity index (χ1v) is 11.3. The Hall–Kier alpha value is -2.03. The summed E-state index contributed by atoms with van der Waals surface area (Å²) in [6.07, 6.45) is 4.29. The highest BCUT2D eigenvalue weighted by atomic mass is 35.5. The van der Waals surface area contributed by atoms with E-state index in [1.807, 2.05) is 4.90 Å². The van der Waals surface area contributed by atoms with E-state index in [9.17, 15) is 9.59 Å². The number of halogens is 1. The molecule has 3 N–H and O–H groups in total. The minimum absolute atomic E-state index is 0.124. The van der Waals surface area contributed by atoms with E-state index >= 15 is 0 Å². The summed E-state index contributed by atoms with van der Waals surface area (Å²) in [5.74, 6) is 0.378. The molecule has 2 saturated heterocycles. The van der Waals surface area contributed by atoms with Crippen molar-refractivity contribution in [1.82, 2.24) is 15.1 Å². The van der Waals surface area contributed by atoms with Crippen LogP contribution in [0.25, 0.3) is 0 Å². The number of ether oxygens (including phenoxy) is 2. The molecule has 2 atom stereocenters. The summed E-state index contributed by atoms with van der Waals surface area (Å²) in [6, 6.07) is 2.96. The normalized spacial score (nSPS) is 21.8. The first kappa shape index (κ1) is 23.6. The molecule has 172 valence electrons. The number of hydrogen-bond acceptors (Lipinski definition) is 6. The number of methoxy groups -OCH3 is 2. The molecule has 2 aliphatic heterocycles. The van der Waals surface area contributed by atoms with E-state index in [-0.39, 0.29) is 24.0 Å². The molecule has 8 nitrogen and oxygen atoms in total. The summed E-state index contributed by atoms with van der Waals surface area (Å²) in [6.45, 7) is 4.20. The van der Waals surface area contributed by atoms with Crippen LogP contribution in [0.5, 0.6) is 5.75 Å². The lowest BCUT2D eigenvalue weighted by Gasteiger charge is -2.38. The number of benzene rings is 1. The van der Waals surface area contributed by atoms with Crippen molar-refractivity contribution in [2.75, 3.05) is 52.7 Å². The molecule has 9 heteroatoms. The lowest BCUT2D eigenvalue weighted by Crippen LogP contribution is -2.55. The number of rotatable bonds is 8. The van der Waals surface area contributed by atoms with E-state index < -0.39 is 0 Å². The summed E-state index contributed by atoms with van der Waals surface area (Å²) in [5, 5.41) is 3.37. The van der Waals surface area contributed by atoms with Gasteiger partial charge < -0.3 is 30.3 Å². The third-order valence-electron chi connectivity index (χ3n) is 6.15. The minimum Gasteiger partial charge on any atom is -0.496 e. The average molecular weight is 453 g/mol. The molecule has 2 fully saturated rings. The Bertz CT molecular complexity index is 785. The fourth-order valence-corrected chi connectivity index (χ4v) is 4.49. The maximum absolute atomic E-state index is 12.9. The van der Waals surface area contributed by atoms with Gasteiger partial charge in [-0.15, -0.1) is 0 Å². The van der Waals surface area contributed by atoms with Crippen molar-refractivity contribution in [2.24, 2.45) is 0 Å². The van der Waals surface area contributed by atoms with Gasteiger partial charge in [-0.3, -0.25) is 9.59 Å². The second-order valence-electron chi connectivity index (χ2n) is 8.21. The molecule has 0 saturated carbocycles. The van der Waals surface area contributed by atoms with Gasteiger partial charge in [0.2, 0.25) is 5.91 Å². The number of likely N-dealkylation sites (tertiary alicyclic amines) is 2. The Morgan fingerprint density at radius 2 is 1.97 bits per heavy atom. The summed E-state index contributed by atoms with van der Waals surface area (Å²) in [5.41, 5.74) is 6.52. The SMILES string of the molecule is COc1cc(N)c(Cl)cc1C(=O)N[C@H]1CCN(CCCC(=O)N2CCCC2)C[C@H]1OC. The largest absolute Gasteiger partial charge is 0.496 e. The zero-order valence-corrected chi connectivity index (χ0v) is 19.1. The van der Waals surface area contributed by atoms with E-state index in [0.29, 0.717) is 35.0 Å². The summed E-state index contributed by atoms with van der Waals surface area (Å²) < 4.78 is 11.0. The Kier molecular flexibility index (Phi) is 8.40. The van der Waals surface area contributed by atoms with Gasteiger partial charge in [0.1, 0.15) is 5.75 Å². The lowest BCUT2D eigenvalue weighted by molar-refractivity contribution is -0.130. The maximum Gasteiger partial charge on any atom is 0.255 e. The molecule has 2 aliphatic rings. The smallest absolute Gasteiger partial charge is 0.255 e. The van der Waals surface area contributed by atoms with Gasteiger partial charge in [0.25, 0.3) is 5.91 Å². The van der Waals surface area contributed by atoms with Gasteiger partial charge in [-0.05, 0) is 38.3 Å². The van der Waals surface area contributed by atoms with Crippen LogP contribution in [0.1, 0.15) is 42.5 Å². The number of carbonyl (C=O) groups excluding carboxylic acids is 2. The van der Waals surface area contributed by atoms with E-state index in [1.54, 1.807) is 13.2 Å². The average Bonchev–Trinajstić information content (AvgIpc) is 3.31. The predicted octanol–water partition coefficient (Wildman–Crippen LogP) is 2.15. The molecule has 0 unspecified atom stereocenters. The Morgan fingerprint density at radius 1 is 1.23 bits per heavy atom. The summed E-state index contributed by atoms with van der Waals surface area (Å²) in [7, 11) is 3.15. The first-order valence-electron chi connectivity index (χ1n) is 10.9. The van der Waals surface area contributed by atoms with Gasteiger partial charge in [-0.25, -0.2) is 0 Å². The number of anilines is 1. The second kappa shape index (κ2) is 11.0. The Labute approximate surface area is 189 Å². The van der Waals surface area contributed by atoms with Crippen molar-refractivity contribution in [2.45, 2.75) is 44.2 Å². The highest BCUT2D eigenvalue weighted by Crippen LogP contribution is 2.29. The summed E-state index contributed by atoms with van der Waals surface area (Å²) in [4.78, 5) is 29.4. The molecule has 0 spiro atoms. The predicted molar refractivity (Wildman–Crippen MR) is 121 cm³/mol. The van der Waals surface area contributed by atoms with Crippen LogP contribution in [0, 0.1) is 0 Å². The van der Waals surface area contributed by atoms with Gasteiger partial charge in [-0.2, -0.15) is 0 Å². The van der Waals surface area contributed by atoms with Crippen molar-refractivity contribution in [1.29, 1.82) is 0 Å². The molecular formula is C22H33ClN4O4. The highest BCUT2D eigenvalue weighted by molar-refractivity contribution is 6.33. The standard InChI is InChI=1S/C22H33ClN4O4/c1-30-19-13-17(24)16(23)12-15(19)22(29)25-18-7-11-26(14-20(18)31-2)8-5-6-21(28)27-9-3-4-10-27/h12-13,18,20H,3-11,14,24H2,1-2H3,(H,25,29)/t18-,20+/m0/s1. The first-order chi connectivity index (χ1) is 14.9.